The van der Waals surface area contributed by atoms with Gasteiger partial charge in [-0.15, -0.1) is 23.5 Å². The van der Waals surface area contributed by atoms with Crippen LogP contribution in [0.3, 0.4) is 0 Å². The molecule has 198 valence electrons. The number of carbonyl (C=O) groups is 2. The molecule has 0 fully saturated rings. The van der Waals surface area contributed by atoms with Crippen LogP contribution >= 0.6 is 23.5 Å². The first-order chi connectivity index (χ1) is 19.7. The van der Waals surface area contributed by atoms with Gasteiger partial charge in [0.25, 0.3) is 0 Å². The predicted molar refractivity (Wildman–Crippen MR) is 164 cm³/mol. The van der Waals surface area contributed by atoms with E-state index >= 15 is 0 Å². The van der Waals surface area contributed by atoms with Gasteiger partial charge in [0.1, 0.15) is 22.1 Å². The lowest BCUT2D eigenvalue weighted by atomic mass is 10.1. The molecule has 0 aliphatic rings. The molecule has 5 rings (SSSR count). The zero-order valence-corrected chi connectivity index (χ0v) is 23.1. The lowest BCUT2D eigenvalue weighted by Crippen LogP contribution is -2.21. The molecule has 0 bridgehead atoms. The van der Waals surface area contributed by atoms with E-state index in [4.69, 9.17) is 0 Å². The van der Waals surface area contributed by atoms with Gasteiger partial charge in [-0.25, -0.2) is 4.98 Å². The minimum Gasteiger partial charge on any atom is -0.309 e. The highest BCUT2D eigenvalue weighted by atomic mass is 32.2. The highest BCUT2D eigenvalue weighted by molar-refractivity contribution is 8.00. The number of hydrogen-bond donors (Lipinski definition) is 2. The summed E-state index contributed by atoms with van der Waals surface area (Å²) in [5, 5.41) is 4.94. The topological polar surface area (TPSA) is 71.1 Å². The van der Waals surface area contributed by atoms with Crippen molar-refractivity contribution in [3.63, 3.8) is 0 Å². The van der Waals surface area contributed by atoms with Crippen LogP contribution in [0.2, 0.25) is 0 Å². The number of nitrogens with one attached hydrogen (secondary N) is 2. The molecule has 0 saturated heterocycles. The van der Waals surface area contributed by atoms with Gasteiger partial charge in [-0.1, -0.05) is 103 Å². The largest absolute Gasteiger partial charge is 0.309 e. The first kappa shape index (κ1) is 27.2. The quantitative estimate of drug-likeness (QED) is 0.169. The summed E-state index contributed by atoms with van der Waals surface area (Å²) in [6.07, 6.45) is 0. The van der Waals surface area contributed by atoms with E-state index in [0.29, 0.717) is 11.6 Å². The summed E-state index contributed by atoms with van der Waals surface area (Å²) < 4.78 is 0. The summed E-state index contributed by atoms with van der Waals surface area (Å²) in [6.45, 7) is 0. The number of anilines is 2. The van der Waals surface area contributed by atoms with E-state index < -0.39 is 10.5 Å². The van der Waals surface area contributed by atoms with Crippen LogP contribution in [0.4, 0.5) is 11.6 Å². The Morgan fingerprint density at radius 1 is 0.475 bits per heavy atom. The lowest BCUT2D eigenvalue weighted by molar-refractivity contribution is -0.116. The molecule has 0 saturated carbocycles. The van der Waals surface area contributed by atoms with E-state index in [1.54, 1.807) is 18.2 Å². The molecule has 40 heavy (non-hydrogen) atoms. The first-order valence-corrected chi connectivity index (χ1v) is 14.5. The van der Waals surface area contributed by atoms with Crippen molar-refractivity contribution in [2.45, 2.75) is 20.3 Å². The van der Waals surface area contributed by atoms with Crippen molar-refractivity contribution in [3.05, 3.63) is 151 Å². The van der Waals surface area contributed by atoms with Crippen LogP contribution in [0.5, 0.6) is 0 Å². The molecule has 0 spiro atoms. The van der Waals surface area contributed by atoms with Crippen molar-refractivity contribution in [2.75, 3.05) is 10.6 Å². The molecule has 4 aromatic carbocycles. The van der Waals surface area contributed by atoms with Crippen LogP contribution in [-0.4, -0.2) is 16.8 Å². The van der Waals surface area contributed by atoms with Crippen molar-refractivity contribution < 1.29 is 9.59 Å². The minimum absolute atomic E-state index is 0.196. The number of carbonyl (C=O) groups excluding carboxylic acids is 2. The molecule has 1 aromatic heterocycles. The smallest absolute Gasteiger partial charge is 0.243 e. The zero-order valence-electron chi connectivity index (χ0n) is 21.5. The Bertz CT molecular complexity index is 1420. The Kier molecular flexibility index (Phi) is 9.29. The summed E-state index contributed by atoms with van der Waals surface area (Å²) in [6, 6.07) is 44.2. The van der Waals surface area contributed by atoms with Crippen LogP contribution in [-0.2, 0) is 9.59 Å². The number of nitrogens with zero attached hydrogens (tertiary/aromatic N) is 1. The van der Waals surface area contributed by atoms with Crippen molar-refractivity contribution in [1.29, 1.82) is 0 Å². The molecule has 0 aliphatic carbocycles. The van der Waals surface area contributed by atoms with Crippen molar-refractivity contribution in [3.8, 4) is 0 Å². The van der Waals surface area contributed by atoms with Gasteiger partial charge in [0.15, 0.2) is 0 Å². The second-order valence-corrected chi connectivity index (χ2v) is 11.2. The molecule has 2 atom stereocenters. The predicted octanol–water partition coefficient (Wildman–Crippen LogP) is 8.03. The average molecular weight is 562 g/mol. The van der Waals surface area contributed by atoms with E-state index in [1.165, 1.54) is 23.5 Å². The van der Waals surface area contributed by atoms with Crippen molar-refractivity contribution in [1.82, 2.24) is 4.98 Å². The molecule has 0 aliphatic heterocycles. The SMILES string of the molecule is O=C(Nc1cccc(NC(=O)C(Sc2ccccc2)c2ccccc2)n1)C(Sc1ccccc1)c1ccccc1. The fourth-order valence-electron chi connectivity index (χ4n) is 4.03. The Balaban J connectivity index is 1.33. The monoisotopic (exact) mass is 561 g/mol. The molecule has 5 aromatic rings. The van der Waals surface area contributed by atoms with Crippen LogP contribution in [0.15, 0.2) is 149 Å². The molecule has 7 heteroatoms. The number of benzene rings is 4. The fraction of sp³-hybridized carbons (Fsp3) is 0.0606. The van der Waals surface area contributed by atoms with E-state index in [2.05, 4.69) is 15.6 Å². The third-order valence-corrected chi connectivity index (χ3v) is 8.46. The fourth-order valence-corrected chi connectivity index (χ4v) is 6.12. The van der Waals surface area contributed by atoms with Gasteiger partial charge in [0, 0.05) is 9.79 Å². The number of aromatic nitrogens is 1. The van der Waals surface area contributed by atoms with Gasteiger partial charge in [0.2, 0.25) is 11.8 Å². The van der Waals surface area contributed by atoms with Crippen LogP contribution < -0.4 is 10.6 Å². The molecular weight excluding hydrogens is 535 g/mol. The standard InChI is InChI=1S/C33H27N3O2S2/c37-32(30(24-14-5-1-6-15-24)39-26-18-9-3-10-19-26)35-28-22-13-23-29(34-28)36-33(38)31(25-16-7-2-8-17-25)40-27-20-11-4-12-21-27/h1-23,30-31H,(H2,34,35,36,37,38). The Morgan fingerprint density at radius 2 is 0.825 bits per heavy atom. The van der Waals surface area contributed by atoms with Gasteiger partial charge in [-0.3, -0.25) is 9.59 Å². The van der Waals surface area contributed by atoms with Gasteiger partial charge in [-0.2, -0.15) is 0 Å². The highest BCUT2D eigenvalue weighted by Crippen LogP contribution is 2.37. The Morgan fingerprint density at radius 3 is 1.20 bits per heavy atom. The summed E-state index contributed by atoms with van der Waals surface area (Å²) in [7, 11) is 0. The van der Waals surface area contributed by atoms with Crippen molar-refractivity contribution >= 4 is 47.0 Å². The van der Waals surface area contributed by atoms with Crippen molar-refractivity contribution in [2.24, 2.45) is 0 Å². The Labute approximate surface area is 242 Å². The molecule has 0 radical (unpaired) electrons. The summed E-state index contributed by atoms with van der Waals surface area (Å²) in [5.41, 5.74) is 1.78. The average Bonchev–Trinajstić information content (AvgIpc) is 3.00. The maximum Gasteiger partial charge on any atom is 0.243 e. The minimum atomic E-state index is -0.478. The van der Waals surface area contributed by atoms with E-state index in [-0.39, 0.29) is 11.8 Å². The second-order valence-electron chi connectivity index (χ2n) is 8.83. The number of thioether (sulfide) groups is 2. The number of amides is 2. The summed E-state index contributed by atoms with van der Waals surface area (Å²) >= 11 is 2.95. The maximum atomic E-state index is 13.5. The van der Waals surface area contributed by atoms with Crippen LogP contribution in [0.1, 0.15) is 21.6 Å². The van der Waals surface area contributed by atoms with Crippen LogP contribution in [0, 0.1) is 0 Å². The van der Waals surface area contributed by atoms with Crippen LogP contribution in [0.25, 0.3) is 0 Å². The number of pyridine rings is 1. The molecular formula is C33H27N3O2S2. The maximum absolute atomic E-state index is 13.5. The molecule has 5 nitrogen and oxygen atoms in total. The summed E-state index contributed by atoms with van der Waals surface area (Å²) in [4.78, 5) is 33.5. The molecule has 2 unspecified atom stereocenters. The third-order valence-electron chi connectivity index (χ3n) is 5.93. The first-order valence-electron chi connectivity index (χ1n) is 12.8. The second kappa shape index (κ2) is 13.6. The van der Waals surface area contributed by atoms with E-state index in [0.717, 1.165) is 20.9 Å². The van der Waals surface area contributed by atoms with E-state index in [1.807, 2.05) is 121 Å². The van der Waals surface area contributed by atoms with Gasteiger partial charge in [-0.05, 0) is 47.5 Å². The van der Waals surface area contributed by atoms with Gasteiger partial charge < -0.3 is 10.6 Å². The number of rotatable bonds is 10. The number of hydrogen-bond acceptors (Lipinski definition) is 5. The Hall–Kier alpha value is -4.33. The summed E-state index contributed by atoms with van der Waals surface area (Å²) in [5.74, 6) is 0.337. The van der Waals surface area contributed by atoms with Gasteiger partial charge >= 0.3 is 0 Å². The lowest BCUT2D eigenvalue weighted by Gasteiger charge is -2.18. The highest BCUT2D eigenvalue weighted by Gasteiger charge is 2.24. The zero-order chi connectivity index (χ0) is 27.6. The van der Waals surface area contributed by atoms with E-state index in [9.17, 15) is 9.59 Å². The molecule has 2 N–H and O–H groups in total. The molecule has 2 amide bonds. The molecule has 1 heterocycles. The normalized spacial score (nSPS) is 12.2. The van der Waals surface area contributed by atoms with Gasteiger partial charge in [0.05, 0.1) is 0 Å². The third kappa shape index (κ3) is 7.40.